The van der Waals surface area contributed by atoms with Crippen LogP contribution in [0.1, 0.15) is 83.5 Å². The minimum absolute atomic E-state index is 0.0976. The first-order valence-electron chi connectivity index (χ1n) is 11.8. The third-order valence-electron chi connectivity index (χ3n) is 6.14. The molecule has 0 amide bonds. The van der Waals surface area contributed by atoms with Gasteiger partial charge in [-0.15, -0.1) is 0 Å². The smallest absolute Gasteiger partial charge is 0.303 e. The number of ketones is 2. The molecule has 1 saturated heterocycles. The van der Waals surface area contributed by atoms with Gasteiger partial charge in [-0.25, -0.2) is 0 Å². The lowest BCUT2D eigenvalue weighted by Crippen LogP contribution is -2.30. The van der Waals surface area contributed by atoms with Crippen LogP contribution in [-0.2, 0) is 23.9 Å². The van der Waals surface area contributed by atoms with Crippen LogP contribution in [-0.4, -0.2) is 47.0 Å². The minimum Gasteiger partial charge on any atom is -0.481 e. The Morgan fingerprint density at radius 2 is 1.87 bits per heavy atom. The van der Waals surface area contributed by atoms with E-state index in [0.29, 0.717) is 25.9 Å². The molecule has 31 heavy (non-hydrogen) atoms. The van der Waals surface area contributed by atoms with Crippen LogP contribution >= 0.6 is 15.9 Å². The van der Waals surface area contributed by atoms with E-state index in [-0.39, 0.29) is 42.2 Å². The first-order valence-corrected chi connectivity index (χ1v) is 12.9. The molecular formula is C24H37BrO6. The zero-order valence-electron chi connectivity index (χ0n) is 18.4. The van der Waals surface area contributed by atoms with Crippen molar-refractivity contribution in [1.82, 2.24) is 0 Å². The fourth-order valence-corrected chi connectivity index (χ4v) is 4.81. The molecule has 1 unspecified atom stereocenters. The third-order valence-corrected chi connectivity index (χ3v) is 6.70. The number of carboxylic acid groups (broad SMARTS) is 1. The molecule has 4 atom stereocenters. The molecular weight excluding hydrogens is 464 g/mol. The Bertz CT molecular complexity index is 599. The number of halogens is 1. The number of Topliss-reactive ketones (excluding diaryl/α,β-unsaturated/α-hetero) is 1. The van der Waals surface area contributed by atoms with Crippen molar-refractivity contribution in [3.05, 3.63) is 12.2 Å². The van der Waals surface area contributed by atoms with Gasteiger partial charge in [0.1, 0.15) is 5.78 Å². The molecule has 2 fully saturated rings. The fourth-order valence-electron chi connectivity index (χ4n) is 4.41. The summed E-state index contributed by atoms with van der Waals surface area (Å²) in [7, 11) is 0. The molecule has 0 aromatic carbocycles. The molecule has 6 nitrogen and oxygen atoms in total. The lowest BCUT2D eigenvalue weighted by molar-refractivity contribution is -0.192. The van der Waals surface area contributed by atoms with Crippen molar-refractivity contribution in [2.75, 3.05) is 11.9 Å². The summed E-state index contributed by atoms with van der Waals surface area (Å²) >= 11 is 3.38. The van der Waals surface area contributed by atoms with Crippen molar-refractivity contribution in [3.8, 4) is 0 Å². The lowest BCUT2D eigenvalue weighted by atomic mass is 9.88. The number of hydrogen-bond acceptors (Lipinski definition) is 5. The van der Waals surface area contributed by atoms with Gasteiger partial charge in [0.25, 0.3) is 0 Å². The second-order valence-electron chi connectivity index (χ2n) is 8.64. The number of carboxylic acids is 1. The van der Waals surface area contributed by atoms with Crippen LogP contribution in [0.4, 0.5) is 0 Å². The van der Waals surface area contributed by atoms with Gasteiger partial charge < -0.3 is 14.6 Å². The molecule has 0 spiro atoms. The molecule has 0 bridgehead atoms. The third kappa shape index (κ3) is 9.96. The zero-order valence-corrected chi connectivity index (χ0v) is 20.0. The molecule has 0 aromatic heterocycles. The molecule has 1 aliphatic carbocycles. The topological polar surface area (TPSA) is 89.9 Å². The van der Waals surface area contributed by atoms with E-state index in [4.69, 9.17) is 14.6 Å². The monoisotopic (exact) mass is 500 g/mol. The van der Waals surface area contributed by atoms with Crippen LogP contribution in [0, 0.1) is 11.8 Å². The van der Waals surface area contributed by atoms with Gasteiger partial charge in [0, 0.05) is 43.0 Å². The molecule has 0 aromatic rings. The quantitative estimate of drug-likeness (QED) is 0.188. The number of rotatable bonds is 15. The summed E-state index contributed by atoms with van der Waals surface area (Å²) in [6.07, 6.45) is 13.0. The largest absolute Gasteiger partial charge is 0.481 e. The maximum atomic E-state index is 12.8. The van der Waals surface area contributed by atoms with Gasteiger partial charge in [-0.1, -0.05) is 41.3 Å². The highest BCUT2D eigenvalue weighted by molar-refractivity contribution is 9.09. The van der Waals surface area contributed by atoms with Gasteiger partial charge in [0.2, 0.25) is 0 Å². The van der Waals surface area contributed by atoms with Gasteiger partial charge in [0.15, 0.2) is 12.1 Å². The Hall–Kier alpha value is -1.05. The van der Waals surface area contributed by atoms with Crippen LogP contribution < -0.4 is 0 Å². The van der Waals surface area contributed by atoms with Crippen LogP contribution in [0.2, 0.25) is 0 Å². The number of allylic oxidation sites excluding steroid dienone is 1. The van der Waals surface area contributed by atoms with E-state index >= 15 is 0 Å². The summed E-state index contributed by atoms with van der Waals surface area (Å²) in [5, 5.41) is 9.64. The summed E-state index contributed by atoms with van der Waals surface area (Å²) in [5.41, 5.74) is 0. The number of unbranched alkanes of at least 4 members (excludes halogenated alkanes) is 4. The number of ether oxygens (including phenoxy) is 2. The number of carbonyl (C=O) groups excluding carboxylic acids is 2. The Labute approximate surface area is 194 Å². The fraction of sp³-hybridized carbons (Fsp3) is 0.792. The zero-order chi connectivity index (χ0) is 22.5. The minimum atomic E-state index is -0.762. The van der Waals surface area contributed by atoms with Crippen molar-refractivity contribution in [3.63, 3.8) is 0 Å². The van der Waals surface area contributed by atoms with E-state index in [2.05, 4.69) is 15.9 Å². The normalized spacial score (nSPS) is 26.5. The van der Waals surface area contributed by atoms with Gasteiger partial charge in [0.05, 0.1) is 6.10 Å². The number of carbonyl (C=O) groups is 3. The lowest BCUT2D eigenvalue weighted by Gasteiger charge is -2.28. The first kappa shape index (κ1) is 26.2. The molecule has 1 aliphatic heterocycles. The van der Waals surface area contributed by atoms with Crippen LogP contribution in [0.5, 0.6) is 0 Å². The average Bonchev–Trinajstić information content (AvgIpc) is 3.03. The van der Waals surface area contributed by atoms with E-state index in [1.165, 1.54) is 0 Å². The maximum Gasteiger partial charge on any atom is 0.303 e. The van der Waals surface area contributed by atoms with Gasteiger partial charge >= 0.3 is 5.97 Å². The maximum absolute atomic E-state index is 12.8. The molecule has 2 rings (SSSR count). The summed E-state index contributed by atoms with van der Waals surface area (Å²) in [6.45, 7) is 0.692. The van der Waals surface area contributed by atoms with Crippen molar-refractivity contribution >= 4 is 33.5 Å². The molecule has 176 valence electrons. The predicted molar refractivity (Wildman–Crippen MR) is 122 cm³/mol. The Balaban J connectivity index is 1.92. The van der Waals surface area contributed by atoms with Crippen molar-refractivity contribution in [2.24, 2.45) is 11.8 Å². The van der Waals surface area contributed by atoms with Gasteiger partial charge in [-0.3, -0.25) is 14.4 Å². The second-order valence-corrected chi connectivity index (χ2v) is 9.44. The summed E-state index contributed by atoms with van der Waals surface area (Å²) < 4.78 is 11.9. The van der Waals surface area contributed by atoms with E-state index in [1.54, 1.807) is 6.08 Å². The highest BCUT2D eigenvalue weighted by atomic mass is 79.9. The van der Waals surface area contributed by atoms with Gasteiger partial charge in [-0.2, -0.15) is 0 Å². The first-order chi connectivity index (χ1) is 15.0. The summed E-state index contributed by atoms with van der Waals surface area (Å²) in [5.74, 6) is -0.702. The van der Waals surface area contributed by atoms with Crippen LogP contribution in [0.3, 0.4) is 0 Å². The van der Waals surface area contributed by atoms with Crippen LogP contribution in [0.25, 0.3) is 0 Å². The number of alkyl halides is 1. The van der Waals surface area contributed by atoms with E-state index in [9.17, 15) is 14.4 Å². The Kier molecular flexibility index (Phi) is 12.6. The number of aliphatic carboxylic acids is 1. The van der Waals surface area contributed by atoms with Crippen molar-refractivity contribution in [2.45, 2.75) is 95.9 Å². The molecule has 1 heterocycles. The summed E-state index contributed by atoms with van der Waals surface area (Å²) in [6, 6.07) is 0. The predicted octanol–water partition coefficient (Wildman–Crippen LogP) is 5.22. The molecule has 7 heteroatoms. The van der Waals surface area contributed by atoms with E-state index in [0.717, 1.165) is 63.1 Å². The second kappa shape index (κ2) is 14.9. The molecule has 1 saturated carbocycles. The molecule has 0 radical (unpaired) electrons. The van der Waals surface area contributed by atoms with Crippen molar-refractivity contribution in [1.29, 1.82) is 0 Å². The SMILES string of the molecule is O=C(O)CCCCCC[C@H]1C(=O)C[C@@H](OC2CCCCO2)[C@@H]1C=CC(=O)CCCCBr. The highest BCUT2D eigenvalue weighted by Gasteiger charge is 2.42. The van der Waals surface area contributed by atoms with E-state index < -0.39 is 5.97 Å². The molecule has 2 aliphatic rings. The van der Waals surface area contributed by atoms with Crippen LogP contribution in [0.15, 0.2) is 12.2 Å². The summed E-state index contributed by atoms with van der Waals surface area (Å²) in [4.78, 5) is 35.7. The highest BCUT2D eigenvalue weighted by Crippen LogP contribution is 2.37. The Morgan fingerprint density at radius 1 is 1.10 bits per heavy atom. The van der Waals surface area contributed by atoms with E-state index in [1.807, 2.05) is 6.08 Å². The standard InChI is InChI=1S/C24H37BrO6/c25-15-7-5-9-18(26)13-14-20-19(10-3-1-2-4-11-23(28)29)21(27)17-22(20)31-24-12-6-8-16-30-24/h13-14,19-20,22,24H,1-12,15-17H2,(H,28,29)/t19-,20-,22-,24?/m1/s1. The van der Waals surface area contributed by atoms with Gasteiger partial charge in [-0.05, 0) is 51.0 Å². The average molecular weight is 501 g/mol. The molecule has 1 N–H and O–H groups in total. The Morgan fingerprint density at radius 3 is 2.58 bits per heavy atom. The number of hydrogen-bond donors (Lipinski definition) is 1. The van der Waals surface area contributed by atoms with Crippen molar-refractivity contribution < 1.29 is 29.0 Å².